The second-order valence-corrected chi connectivity index (χ2v) is 6.89. The van der Waals surface area contributed by atoms with Crippen molar-refractivity contribution in [1.82, 2.24) is 0 Å². The van der Waals surface area contributed by atoms with Crippen molar-refractivity contribution in [3.05, 3.63) is 94.5 Å². The molecule has 1 aromatic heterocycles. The third-order valence-electron chi connectivity index (χ3n) is 4.45. The first-order valence-electron chi connectivity index (χ1n) is 7.58. The highest BCUT2D eigenvalue weighted by Gasteiger charge is 2.31. The lowest BCUT2D eigenvalue weighted by atomic mass is 9.75. The molecule has 1 atom stereocenters. The molecular formula is C21H19FS. The Morgan fingerprint density at radius 3 is 2.39 bits per heavy atom. The van der Waals surface area contributed by atoms with Gasteiger partial charge in [0.25, 0.3) is 0 Å². The van der Waals surface area contributed by atoms with E-state index < -0.39 is 0 Å². The predicted octanol–water partition coefficient (Wildman–Crippen LogP) is 6.44. The number of hydrogen-bond donors (Lipinski definition) is 0. The molecule has 0 amide bonds. The summed E-state index contributed by atoms with van der Waals surface area (Å²) in [5, 5.41) is 2.09. The van der Waals surface area contributed by atoms with Gasteiger partial charge in [0.2, 0.25) is 0 Å². The van der Waals surface area contributed by atoms with Crippen molar-refractivity contribution >= 4 is 11.3 Å². The molecule has 0 aliphatic rings. The van der Waals surface area contributed by atoms with Gasteiger partial charge in [0.1, 0.15) is 5.82 Å². The van der Waals surface area contributed by atoms with Gasteiger partial charge in [-0.25, -0.2) is 4.39 Å². The van der Waals surface area contributed by atoms with E-state index in [1.165, 1.54) is 16.5 Å². The van der Waals surface area contributed by atoms with Crippen LogP contribution in [-0.2, 0) is 5.41 Å². The average molecular weight is 322 g/mol. The molecule has 0 saturated carbocycles. The average Bonchev–Trinajstić information content (AvgIpc) is 3.05. The topological polar surface area (TPSA) is 0 Å². The van der Waals surface area contributed by atoms with Crippen molar-refractivity contribution in [3.63, 3.8) is 0 Å². The molecule has 0 saturated heterocycles. The number of hydrogen-bond acceptors (Lipinski definition) is 1. The highest BCUT2D eigenvalue weighted by Crippen LogP contribution is 2.42. The monoisotopic (exact) mass is 322 g/mol. The third kappa shape index (κ3) is 2.87. The van der Waals surface area contributed by atoms with Gasteiger partial charge in [-0.1, -0.05) is 54.6 Å². The molecule has 0 spiro atoms. The zero-order chi connectivity index (χ0) is 16.4. The standard InChI is InChI=1S/C21H19FS/c1-15(2)21(3,18-9-5-4-6-10-18)20-13-17(14-23-20)16-8-7-11-19(22)12-16/h4-14H,1H2,2-3H3. The minimum absolute atomic E-state index is 0.207. The fourth-order valence-electron chi connectivity index (χ4n) is 2.79. The quantitative estimate of drug-likeness (QED) is 0.485. The molecule has 0 fully saturated rings. The van der Waals surface area contributed by atoms with Gasteiger partial charge in [0.05, 0.1) is 0 Å². The number of rotatable bonds is 4. The third-order valence-corrected chi connectivity index (χ3v) is 5.61. The summed E-state index contributed by atoms with van der Waals surface area (Å²) in [6.07, 6.45) is 0. The van der Waals surface area contributed by atoms with Crippen molar-refractivity contribution < 1.29 is 4.39 Å². The smallest absolute Gasteiger partial charge is 0.123 e. The van der Waals surface area contributed by atoms with Crippen LogP contribution in [0.1, 0.15) is 24.3 Å². The van der Waals surface area contributed by atoms with Crippen LogP contribution in [0.4, 0.5) is 4.39 Å². The summed E-state index contributed by atoms with van der Waals surface area (Å²) < 4.78 is 13.5. The molecule has 0 aliphatic heterocycles. The summed E-state index contributed by atoms with van der Waals surface area (Å²) >= 11 is 1.70. The summed E-state index contributed by atoms with van der Waals surface area (Å²) in [6, 6.07) is 19.3. The van der Waals surface area contributed by atoms with E-state index in [4.69, 9.17) is 0 Å². The van der Waals surface area contributed by atoms with Gasteiger partial charge in [-0.3, -0.25) is 0 Å². The first-order valence-corrected chi connectivity index (χ1v) is 8.46. The number of benzene rings is 2. The highest BCUT2D eigenvalue weighted by atomic mass is 32.1. The van der Waals surface area contributed by atoms with Crippen molar-refractivity contribution in [3.8, 4) is 11.1 Å². The Morgan fingerprint density at radius 2 is 1.74 bits per heavy atom. The largest absolute Gasteiger partial charge is 0.207 e. The van der Waals surface area contributed by atoms with Gasteiger partial charge in [0.15, 0.2) is 0 Å². The van der Waals surface area contributed by atoms with E-state index in [2.05, 4.69) is 56.1 Å². The summed E-state index contributed by atoms with van der Waals surface area (Å²) in [5.41, 5.74) is 4.03. The minimum atomic E-state index is -0.239. The van der Waals surface area contributed by atoms with E-state index in [1.807, 2.05) is 12.1 Å². The van der Waals surface area contributed by atoms with E-state index in [0.29, 0.717) is 0 Å². The molecule has 0 nitrogen and oxygen atoms in total. The van der Waals surface area contributed by atoms with Crippen LogP contribution in [0.5, 0.6) is 0 Å². The molecule has 0 radical (unpaired) electrons. The van der Waals surface area contributed by atoms with Crippen LogP contribution in [-0.4, -0.2) is 0 Å². The second kappa shape index (κ2) is 6.13. The fourth-order valence-corrected chi connectivity index (χ4v) is 3.97. The molecule has 23 heavy (non-hydrogen) atoms. The van der Waals surface area contributed by atoms with Gasteiger partial charge in [-0.05, 0) is 54.1 Å². The van der Waals surface area contributed by atoms with Crippen LogP contribution < -0.4 is 0 Å². The van der Waals surface area contributed by atoms with Crippen LogP contribution >= 0.6 is 11.3 Å². The van der Waals surface area contributed by atoms with Gasteiger partial charge in [-0.15, -0.1) is 11.3 Å². The molecule has 3 aromatic rings. The Morgan fingerprint density at radius 1 is 1.00 bits per heavy atom. The fraction of sp³-hybridized carbons (Fsp3) is 0.143. The zero-order valence-electron chi connectivity index (χ0n) is 13.3. The first kappa shape index (κ1) is 15.7. The van der Waals surface area contributed by atoms with Crippen molar-refractivity contribution in [2.75, 3.05) is 0 Å². The lowest BCUT2D eigenvalue weighted by Gasteiger charge is -2.30. The number of allylic oxidation sites excluding steroid dienone is 1. The normalized spacial score (nSPS) is 13.5. The Hall–Kier alpha value is -2.19. The predicted molar refractivity (Wildman–Crippen MR) is 97.4 cm³/mol. The molecule has 2 aromatic carbocycles. The second-order valence-electron chi connectivity index (χ2n) is 5.98. The lowest BCUT2D eigenvalue weighted by Crippen LogP contribution is -2.23. The summed E-state index contributed by atoms with van der Waals surface area (Å²) in [5.74, 6) is -0.207. The molecule has 0 aliphatic carbocycles. The maximum absolute atomic E-state index is 13.5. The number of halogens is 1. The van der Waals surface area contributed by atoms with Crippen LogP contribution in [0.2, 0.25) is 0 Å². The van der Waals surface area contributed by atoms with Gasteiger partial charge in [-0.2, -0.15) is 0 Å². The molecular weight excluding hydrogens is 303 g/mol. The van der Waals surface area contributed by atoms with Crippen molar-refractivity contribution in [2.45, 2.75) is 19.3 Å². The van der Waals surface area contributed by atoms with Crippen molar-refractivity contribution in [2.24, 2.45) is 0 Å². The molecule has 116 valence electrons. The summed E-state index contributed by atoms with van der Waals surface area (Å²) in [7, 11) is 0. The van der Waals surface area contributed by atoms with E-state index >= 15 is 0 Å². The van der Waals surface area contributed by atoms with Crippen LogP contribution in [0, 0.1) is 5.82 Å². The SMILES string of the molecule is C=C(C)C(C)(c1ccccc1)c1cc(-c2cccc(F)c2)cs1. The molecule has 2 heteroatoms. The van der Waals surface area contributed by atoms with Gasteiger partial charge >= 0.3 is 0 Å². The Balaban J connectivity index is 2.08. The van der Waals surface area contributed by atoms with E-state index in [0.717, 1.165) is 16.7 Å². The minimum Gasteiger partial charge on any atom is -0.207 e. The molecule has 0 N–H and O–H groups in total. The zero-order valence-corrected chi connectivity index (χ0v) is 14.2. The Kier molecular flexibility index (Phi) is 4.18. The van der Waals surface area contributed by atoms with E-state index in [1.54, 1.807) is 23.5 Å². The number of thiophene rings is 1. The Labute approximate surface area is 140 Å². The maximum atomic E-state index is 13.5. The lowest BCUT2D eigenvalue weighted by molar-refractivity contribution is 0.628. The molecule has 0 bridgehead atoms. The van der Waals surface area contributed by atoms with Crippen LogP contribution in [0.25, 0.3) is 11.1 Å². The highest BCUT2D eigenvalue weighted by molar-refractivity contribution is 7.10. The van der Waals surface area contributed by atoms with Crippen LogP contribution in [0.3, 0.4) is 0 Å². The summed E-state index contributed by atoms with van der Waals surface area (Å²) in [6.45, 7) is 8.49. The van der Waals surface area contributed by atoms with Crippen molar-refractivity contribution in [1.29, 1.82) is 0 Å². The Bertz CT molecular complexity index is 832. The van der Waals surface area contributed by atoms with Gasteiger partial charge < -0.3 is 0 Å². The molecule has 3 rings (SSSR count). The molecule has 1 unspecified atom stereocenters. The van der Waals surface area contributed by atoms with Crippen LogP contribution in [0.15, 0.2) is 78.2 Å². The maximum Gasteiger partial charge on any atom is 0.123 e. The first-order chi connectivity index (χ1) is 11.0. The summed E-state index contributed by atoms with van der Waals surface area (Å²) in [4.78, 5) is 1.22. The van der Waals surface area contributed by atoms with E-state index in [-0.39, 0.29) is 11.2 Å². The van der Waals surface area contributed by atoms with E-state index in [9.17, 15) is 4.39 Å². The molecule has 1 heterocycles. The van der Waals surface area contributed by atoms with Gasteiger partial charge in [0, 0.05) is 10.3 Å².